The van der Waals surface area contributed by atoms with Crippen LogP contribution in [-0.2, 0) is 4.74 Å². The number of fused-ring (bicyclic) bond motifs is 1. The average molecular weight is 283 g/mol. The highest BCUT2D eigenvalue weighted by molar-refractivity contribution is 5.79. The quantitative estimate of drug-likeness (QED) is 0.741. The van der Waals surface area contributed by atoms with Crippen LogP contribution in [0.2, 0.25) is 0 Å². The number of para-hydroxylation sites is 1. The van der Waals surface area contributed by atoms with E-state index in [2.05, 4.69) is 15.2 Å². The van der Waals surface area contributed by atoms with Gasteiger partial charge in [0.15, 0.2) is 6.79 Å². The van der Waals surface area contributed by atoms with Gasteiger partial charge in [-0.3, -0.25) is 0 Å². The summed E-state index contributed by atoms with van der Waals surface area (Å²) in [6, 6.07) is 12.4. The predicted molar refractivity (Wildman–Crippen MR) is 76.9 cm³/mol. The summed E-state index contributed by atoms with van der Waals surface area (Å²) in [7, 11) is 1.56. The van der Waals surface area contributed by atoms with Crippen LogP contribution in [0, 0.1) is 0 Å². The van der Waals surface area contributed by atoms with Crippen molar-refractivity contribution in [2.75, 3.05) is 13.9 Å². The van der Waals surface area contributed by atoms with E-state index in [4.69, 9.17) is 9.47 Å². The highest BCUT2D eigenvalue weighted by Gasteiger charge is 2.09. The van der Waals surface area contributed by atoms with Gasteiger partial charge in [-0.05, 0) is 24.3 Å². The zero-order valence-electron chi connectivity index (χ0n) is 11.4. The number of hydrogen-bond donors (Lipinski definition) is 1. The van der Waals surface area contributed by atoms with Crippen molar-refractivity contribution in [3.05, 3.63) is 42.5 Å². The molecule has 0 amide bonds. The molecule has 21 heavy (non-hydrogen) atoms. The van der Waals surface area contributed by atoms with Crippen molar-refractivity contribution in [1.29, 1.82) is 0 Å². The molecule has 0 atom stereocenters. The van der Waals surface area contributed by atoms with Crippen LogP contribution in [0.25, 0.3) is 22.3 Å². The van der Waals surface area contributed by atoms with E-state index in [0.29, 0.717) is 22.5 Å². The van der Waals surface area contributed by atoms with Crippen LogP contribution in [0.3, 0.4) is 0 Å². The van der Waals surface area contributed by atoms with Gasteiger partial charge in [-0.25, -0.2) is 4.98 Å². The summed E-state index contributed by atoms with van der Waals surface area (Å²) < 4.78 is 10.4. The third-order valence-corrected chi connectivity index (χ3v) is 2.92. The number of aromatic hydroxyl groups is 1. The van der Waals surface area contributed by atoms with E-state index in [1.807, 2.05) is 24.3 Å². The number of hydrogen-bond acceptors (Lipinski definition) is 6. The molecular formula is C15H13N3O3. The monoisotopic (exact) mass is 283 g/mol. The van der Waals surface area contributed by atoms with Crippen molar-refractivity contribution in [1.82, 2.24) is 15.2 Å². The van der Waals surface area contributed by atoms with Crippen LogP contribution in [-0.4, -0.2) is 34.2 Å². The first kappa shape index (κ1) is 13.3. The molecule has 106 valence electrons. The molecule has 3 rings (SSSR count). The number of aromatic nitrogens is 3. The van der Waals surface area contributed by atoms with Crippen LogP contribution in [0.5, 0.6) is 11.6 Å². The van der Waals surface area contributed by atoms with Crippen molar-refractivity contribution < 1.29 is 14.6 Å². The van der Waals surface area contributed by atoms with Gasteiger partial charge in [0.2, 0.25) is 5.88 Å². The van der Waals surface area contributed by atoms with Crippen LogP contribution >= 0.6 is 0 Å². The molecule has 3 aromatic rings. The first-order valence-electron chi connectivity index (χ1n) is 6.32. The molecule has 0 radical (unpaired) electrons. The van der Waals surface area contributed by atoms with Crippen LogP contribution < -0.4 is 4.74 Å². The highest BCUT2D eigenvalue weighted by atomic mass is 16.7. The Balaban J connectivity index is 2.07. The van der Waals surface area contributed by atoms with E-state index < -0.39 is 0 Å². The lowest BCUT2D eigenvalue weighted by Crippen LogP contribution is -2.01. The van der Waals surface area contributed by atoms with E-state index >= 15 is 0 Å². The SMILES string of the molecule is COCOc1ccccc1-c1cc2nc(O)ccc2nn1. The molecule has 6 heteroatoms. The van der Waals surface area contributed by atoms with Crippen molar-refractivity contribution in [2.24, 2.45) is 0 Å². The maximum atomic E-state index is 9.46. The van der Waals surface area contributed by atoms with E-state index in [9.17, 15) is 5.11 Å². The second kappa shape index (κ2) is 5.72. The molecule has 0 aliphatic heterocycles. The molecule has 0 fully saturated rings. The zero-order valence-corrected chi connectivity index (χ0v) is 11.4. The lowest BCUT2D eigenvalue weighted by Gasteiger charge is -2.10. The van der Waals surface area contributed by atoms with Crippen molar-refractivity contribution in [3.8, 4) is 22.9 Å². The number of methoxy groups -OCH3 is 1. The van der Waals surface area contributed by atoms with E-state index in [-0.39, 0.29) is 12.7 Å². The fraction of sp³-hybridized carbons (Fsp3) is 0.133. The summed E-state index contributed by atoms with van der Waals surface area (Å²) in [4.78, 5) is 4.04. The highest BCUT2D eigenvalue weighted by Crippen LogP contribution is 2.29. The van der Waals surface area contributed by atoms with Gasteiger partial charge in [-0.15, -0.1) is 10.2 Å². The number of rotatable bonds is 4. The normalized spacial score (nSPS) is 10.7. The van der Waals surface area contributed by atoms with Gasteiger partial charge < -0.3 is 14.6 Å². The molecule has 1 aromatic carbocycles. The lowest BCUT2D eigenvalue weighted by molar-refractivity contribution is 0.0515. The molecule has 2 heterocycles. The van der Waals surface area contributed by atoms with Crippen LogP contribution in [0.4, 0.5) is 0 Å². The number of nitrogens with zero attached hydrogens (tertiary/aromatic N) is 3. The van der Waals surface area contributed by atoms with Gasteiger partial charge >= 0.3 is 0 Å². The third-order valence-electron chi connectivity index (χ3n) is 2.92. The number of pyridine rings is 1. The average Bonchev–Trinajstić information content (AvgIpc) is 2.52. The summed E-state index contributed by atoms with van der Waals surface area (Å²) in [6.07, 6.45) is 0. The minimum absolute atomic E-state index is 0.0506. The minimum Gasteiger partial charge on any atom is -0.493 e. The van der Waals surface area contributed by atoms with Crippen molar-refractivity contribution in [3.63, 3.8) is 0 Å². The molecule has 2 aromatic heterocycles. The fourth-order valence-corrected chi connectivity index (χ4v) is 1.97. The van der Waals surface area contributed by atoms with Crippen LogP contribution in [0.1, 0.15) is 0 Å². The number of ether oxygens (including phenoxy) is 2. The molecule has 0 bridgehead atoms. The van der Waals surface area contributed by atoms with E-state index in [0.717, 1.165) is 5.56 Å². The molecular weight excluding hydrogens is 270 g/mol. The fourth-order valence-electron chi connectivity index (χ4n) is 1.97. The second-order valence-corrected chi connectivity index (χ2v) is 4.35. The minimum atomic E-state index is -0.0506. The first-order chi connectivity index (χ1) is 10.3. The Bertz CT molecular complexity index is 777. The van der Waals surface area contributed by atoms with Crippen molar-refractivity contribution in [2.45, 2.75) is 0 Å². The molecule has 0 unspecified atom stereocenters. The maximum absolute atomic E-state index is 9.46. The zero-order chi connectivity index (χ0) is 14.7. The smallest absolute Gasteiger partial charge is 0.211 e. The van der Waals surface area contributed by atoms with Gasteiger partial charge in [0.05, 0.1) is 11.2 Å². The predicted octanol–water partition coefficient (Wildman–Crippen LogP) is 2.38. The Labute approximate surface area is 121 Å². The molecule has 1 N–H and O–H groups in total. The second-order valence-electron chi connectivity index (χ2n) is 4.35. The Morgan fingerprint density at radius 1 is 1.05 bits per heavy atom. The number of benzene rings is 1. The molecule has 0 saturated heterocycles. The Kier molecular flexibility index (Phi) is 3.61. The summed E-state index contributed by atoms with van der Waals surface area (Å²) in [5.74, 6) is 0.596. The van der Waals surface area contributed by atoms with E-state index in [1.54, 1.807) is 19.2 Å². The first-order valence-corrected chi connectivity index (χ1v) is 6.32. The summed E-state index contributed by atoms with van der Waals surface area (Å²) >= 11 is 0. The summed E-state index contributed by atoms with van der Waals surface area (Å²) in [5.41, 5.74) is 2.59. The maximum Gasteiger partial charge on any atom is 0.211 e. The molecule has 0 aliphatic rings. The van der Waals surface area contributed by atoms with Crippen molar-refractivity contribution >= 4 is 11.0 Å². The van der Waals surface area contributed by atoms with Crippen LogP contribution in [0.15, 0.2) is 42.5 Å². The molecule has 6 nitrogen and oxygen atoms in total. The van der Waals surface area contributed by atoms with Gasteiger partial charge in [-0.1, -0.05) is 12.1 Å². The summed E-state index contributed by atoms with van der Waals surface area (Å²) in [6.45, 7) is 0.150. The van der Waals surface area contributed by atoms with Gasteiger partial charge in [0.25, 0.3) is 0 Å². The Hall–Kier alpha value is -2.73. The van der Waals surface area contributed by atoms with Gasteiger partial charge in [0.1, 0.15) is 11.3 Å². The summed E-state index contributed by atoms with van der Waals surface area (Å²) in [5, 5.41) is 17.8. The van der Waals surface area contributed by atoms with Gasteiger partial charge in [0, 0.05) is 18.7 Å². The molecule has 0 spiro atoms. The Morgan fingerprint density at radius 2 is 1.90 bits per heavy atom. The Morgan fingerprint density at radius 3 is 2.76 bits per heavy atom. The third kappa shape index (κ3) is 2.75. The lowest BCUT2D eigenvalue weighted by atomic mass is 10.1. The largest absolute Gasteiger partial charge is 0.493 e. The standard InChI is InChI=1S/C15H13N3O3/c1-20-9-21-14-5-3-2-4-10(14)12-8-13-11(17-18-12)6-7-15(19)16-13/h2-8H,9H2,1H3,(H,16,19). The van der Waals surface area contributed by atoms with Gasteiger partial charge in [-0.2, -0.15) is 0 Å². The molecule has 0 aliphatic carbocycles. The molecule has 0 saturated carbocycles. The topological polar surface area (TPSA) is 77.4 Å². The van der Waals surface area contributed by atoms with E-state index in [1.165, 1.54) is 6.07 Å².